The molecular formula is C16H14Cl2FNO. The van der Waals surface area contributed by atoms with E-state index in [1.54, 1.807) is 18.2 Å². The molecule has 0 fully saturated rings. The van der Waals surface area contributed by atoms with Gasteiger partial charge >= 0.3 is 0 Å². The molecule has 0 saturated carbocycles. The third kappa shape index (κ3) is 2.86. The van der Waals surface area contributed by atoms with Crippen molar-refractivity contribution in [3.63, 3.8) is 0 Å². The highest BCUT2D eigenvalue weighted by molar-refractivity contribution is 6.31. The summed E-state index contributed by atoms with van der Waals surface area (Å²) in [7, 11) is 0. The molecule has 1 unspecified atom stereocenters. The normalized spacial score (nSPS) is 14.7. The molecule has 2 aromatic carbocycles. The number of ether oxygens (including phenoxy) is 1. The van der Waals surface area contributed by atoms with E-state index in [-0.39, 0.29) is 5.82 Å². The summed E-state index contributed by atoms with van der Waals surface area (Å²) in [5.74, 6) is 0.428. The fourth-order valence-corrected chi connectivity index (χ4v) is 3.12. The summed E-state index contributed by atoms with van der Waals surface area (Å²) in [6.07, 6.45) is 1.11. The van der Waals surface area contributed by atoms with Gasteiger partial charge in [-0.3, -0.25) is 0 Å². The van der Waals surface area contributed by atoms with Crippen LogP contribution in [0, 0.1) is 5.82 Å². The Bertz CT molecular complexity index is 670. The average Bonchev–Trinajstić information content (AvgIpc) is 2.90. The van der Waals surface area contributed by atoms with E-state index in [0.717, 1.165) is 23.3 Å². The number of halogens is 3. The molecule has 3 rings (SSSR count). The van der Waals surface area contributed by atoms with Crippen LogP contribution < -0.4 is 10.5 Å². The maximum absolute atomic E-state index is 13.9. The zero-order valence-corrected chi connectivity index (χ0v) is 12.7. The standard InChI is InChI=1S/C16H14Cl2FNO/c17-10-6-9-4-5-21-16(9)12(7-10)15(20)8-11-13(18)2-1-3-14(11)19/h1-3,6-7,15H,4-5,8,20H2. The van der Waals surface area contributed by atoms with Crippen LogP contribution in [0.4, 0.5) is 4.39 Å². The van der Waals surface area contributed by atoms with Crippen LogP contribution in [0.5, 0.6) is 5.75 Å². The number of nitrogens with two attached hydrogens (primary N) is 1. The Labute approximate surface area is 132 Å². The summed E-state index contributed by atoms with van der Waals surface area (Å²) in [5, 5.41) is 0.995. The summed E-state index contributed by atoms with van der Waals surface area (Å²) >= 11 is 12.2. The third-order valence-corrected chi connectivity index (χ3v) is 4.23. The Morgan fingerprint density at radius 3 is 2.86 bits per heavy atom. The van der Waals surface area contributed by atoms with E-state index in [1.807, 2.05) is 6.07 Å². The van der Waals surface area contributed by atoms with Crippen LogP contribution in [-0.2, 0) is 12.8 Å². The summed E-state index contributed by atoms with van der Waals surface area (Å²) in [6, 6.07) is 7.86. The molecule has 5 heteroatoms. The van der Waals surface area contributed by atoms with Gasteiger partial charge in [-0.2, -0.15) is 0 Å². The summed E-state index contributed by atoms with van der Waals surface area (Å²) in [4.78, 5) is 0. The molecule has 2 N–H and O–H groups in total. The zero-order valence-electron chi connectivity index (χ0n) is 11.2. The van der Waals surface area contributed by atoms with E-state index < -0.39 is 6.04 Å². The first kappa shape index (κ1) is 14.6. The Morgan fingerprint density at radius 1 is 1.29 bits per heavy atom. The molecular weight excluding hydrogens is 312 g/mol. The third-order valence-electron chi connectivity index (χ3n) is 3.66. The van der Waals surface area contributed by atoms with E-state index in [0.29, 0.717) is 28.6 Å². The van der Waals surface area contributed by atoms with E-state index in [2.05, 4.69) is 0 Å². The Morgan fingerprint density at radius 2 is 2.10 bits per heavy atom. The summed E-state index contributed by atoms with van der Waals surface area (Å²) in [6.45, 7) is 0.621. The SMILES string of the molecule is NC(Cc1c(F)cccc1Cl)c1cc(Cl)cc2c1OCC2. The minimum absolute atomic E-state index is 0.293. The fraction of sp³-hybridized carbons (Fsp3) is 0.250. The van der Waals surface area contributed by atoms with E-state index in [4.69, 9.17) is 33.7 Å². The summed E-state index contributed by atoms with van der Waals surface area (Å²) in [5.41, 5.74) is 8.51. The topological polar surface area (TPSA) is 35.2 Å². The Balaban J connectivity index is 1.95. The van der Waals surface area contributed by atoms with E-state index in [1.165, 1.54) is 6.07 Å². The van der Waals surface area contributed by atoms with E-state index in [9.17, 15) is 4.39 Å². The van der Waals surface area contributed by atoms with Crippen molar-refractivity contribution in [1.82, 2.24) is 0 Å². The number of rotatable bonds is 3. The lowest BCUT2D eigenvalue weighted by Crippen LogP contribution is -2.15. The second-order valence-electron chi connectivity index (χ2n) is 5.09. The van der Waals surface area contributed by atoms with Gasteiger partial charge in [-0.1, -0.05) is 29.3 Å². The monoisotopic (exact) mass is 325 g/mol. The predicted molar refractivity (Wildman–Crippen MR) is 82.7 cm³/mol. The molecule has 0 aromatic heterocycles. The minimum Gasteiger partial charge on any atom is -0.493 e. The first-order valence-corrected chi connectivity index (χ1v) is 7.45. The number of hydrogen-bond donors (Lipinski definition) is 1. The van der Waals surface area contributed by atoms with Gasteiger partial charge in [0.05, 0.1) is 6.61 Å². The van der Waals surface area contributed by atoms with Crippen molar-refractivity contribution in [1.29, 1.82) is 0 Å². The first-order valence-electron chi connectivity index (χ1n) is 6.70. The molecule has 0 radical (unpaired) electrons. The first-order chi connectivity index (χ1) is 10.1. The predicted octanol–water partition coefficient (Wildman–Crippen LogP) is 4.31. The smallest absolute Gasteiger partial charge is 0.127 e. The van der Waals surface area contributed by atoms with Crippen LogP contribution in [0.2, 0.25) is 10.0 Å². The molecule has 0 amide bonds. The second-order valence-corrected chi connectivity index (χ2v) is 5.94. The van der Waals surface area contributed by atoms with Crippen LogP contribution in [-0.4, -0.2) is 6.61 Å². The van der Waals surface area contributed by atoms with Crippen LogP contribution in [0.15, 0.2) is 30.3 Å². The molecule has 1 atom stereocenters. The average molecular weight is 326 g/mol. The molecule has 0 spiro atoms. The molecule has 21 heavy (non-hydrogen) atoms. The zero-order chi connectivity index (χ0) is 15.0. The van der Waals surface area contributed by atoms with Crippen molar-refractivity contribution in [2.75, 3.05) is 6.61 Å². The molecule has 0 saturated heterocycles. The van der Waals surface area contributed by atoms with Gasteiger partial charge in [0.2, 0.25) is 0 Å². The number of fused-ring (bicyclic) bond motifs is 1. The van der Waals surface area contributed by atoms with Crippen molar-refractivity contribution in [2.45, 2.75) is 18.9 Å². The number of hydrogen-bond acceptors (Lipinski definition) is 2. The van der Waals surface area contributed by atoms with Crippen LogP contribution >= 0.6 is 23.2 Å². The van der Waals surface area contributed by atoms with Crippen LogP contribution in [0.25, 0.3) is 0 Å². The lowest BCUT2D eigenvalue weighted by molar-refractivity contribution is 0.351. The molecule has 1 aliphatic rings. The van der Waals surface area contributed by atoms with Gasteiger partial charge in [0.1, 0.15) is 11.6 Å². The van der Waals surface area contributed by atoms with Gasteiger partial charge in [0.15, 0.2) is 0 Å². The van der Waals surface area contributed by atoms with Gasteiger partial charge in [-0.25, -0.2) is 4.39 Å². The molecule has 2 aromatic rings. The quantitative estimate of drug-likeness (QED) is 0.912. The lowest BCUT2D eigenvalue weighted by Gasteiger charge is -2.17. The molecule has 0 bridgehead atoms. The molecule has 1 aliphatic heterocycles. The van der Waals surface area contributed by atoms with Gasteiger partial charge in [0.25, 0.3) is 0 Å². The van der Waals surface area contributed by atoms with Crippen molar-refractivity contribution >= 4 is 23.2 Å². The second kappa shape index (κ2) is 5.84. The van der Waals surface area contributed by atoms with Gasteiger partial charge in [0, 0.05) is 33.6 Å². The molecule has 0 aliphatic carbocycles. The summed E-state index contributed by atoms with van der Waals surface area (Å²) < 4.78 is 19.5. The maximum atomic E-state index is 13.9. The van der Waals surface area contributed by atoms with Gasteiger partial charge < -0.3 is 10.5 Å². The molecule has 2 nitrogen and oxygen atoms in total. The van der Waals surface area contributed by atoms with Crippen molar-refractivity contribution < 1.29 is 9.13 Å². The van der Waals surface area contributed by atoms with Crippen molar-refractivity contribution in [3.05, 3.63) is 62.9 Å². The maximum Gasteiger partial charge on any atom is 0.127 e. The fourth-order valence-electron chi connectivity index (χ4n) is 2.63. The van der Waals surface area contributed by atoms with Crippen LogP contribution in [0.1, 0.15) is 22.7 Å². The lowest BCUT2D eigenvalue weighted by atomic mass is 9.96. The van der Waals surface area contributed by atoms with Crippen LogP contribution in [0.3, 0.4) is 0 Å². The van der Waals surface area contributed by atoms with Gasteiger partial charge in [-0.15, -0.1) is 0 Å². The Hall–Kier alpha value is -1.29. The Kier molecular flexibility index (Phi) is 4.07. The highest BCUT2D eigenvalue weighted by atomic mass is 35.5. The van der Waals surface area contributed by atoms with Gasteiger partial charge in [-0.05, 0) is 36.2 Å². The molecule has 110 valence electrons. The molecule has 1 heterocycles. The van der Waals surface area contributed by atoms with E-state index >= 15 is 0 Å². The van der Waals surface area contributed by atoms with Crippen molar-refractivity contribution in [2.24, 2.45) is 5.73 Å². The highest BCUT2D eigenvalue weighted by Crippen LogP contribution is 2.37. The number of benzene rings is 2. The largest absolute Gasteiger partial charge is 0.493 e. The highest BCUT2D eigenvalue weighted by Gasteiger charge is 2.23. The minimum atomic E-state index is -0.426. The van der Waals surface area contributed by atoms with Crippen molar-refractivity contribution in [3.8, 4) is 5.75 Å².